The average Bonchev–Trinajstić information content (AvgIpc) is 3.48. The number of phenolic OH excluding ortho intramolecular Hbond substituents is 1. The van der Waals surface area contributed by atoms with Gasteiger partial charge in [-0.25, -0.2) is 0 Å². The molecule has 4 N–H and O–H groups in total. The summed E-state index contributed by atoms with van der Waals surface area (Å²) in [6, 6.07) is 13.9. The van der Waals surface area contributed by atoms with Crippen LogP contribution in [-0.2, 0) is 38.6 Å². The van der Waals surface area contributed by atoms with E-state index in [-0.39, 0.29) is 70.3 Å². The summed E-state index contributed by atoms with van der Waals surface area (Å²) in [5, 5.41) is 23.3. The van der Waals surface area contributed by atoms with Crippen LogP contribution in [0.15, 0.2) is 54.6 Å². The standard InChI is InChI=1S/C38H28N2O11/c39-35(48)28-25(41)13-18-10-15-11-23-17(14-40-36(49)21-7-3-4-8-22(21)37(40)50)9-16(12-24-30(43)19-5-1-2-6-20(19)31(24)44)29(42)27(23)32(45)26(15)33(46)38(18,51)34(28)47/h1-9,15,18,24,26,28,42,51H,10-14H2,(H2,39,48)/t15-,18+,26?,28?,38+/m1/s1. The van der Waals surface area contributed by atoms with E-state index in [4.69, 9.17) is 5.73 Å². The maximum absolute atomic E-state index is 14.4. The Morgan fingerprint density at radius 1 is 0.784 bits per heavy atom. The minimum atomic E-state index is -2.85. The van der Waals surface area contributed by atoms with Crippen LogP contribution in [-0.4, -0.2) is 73.1 Å². The lowest BCUT2D eigenvalue weighted by Gasteiger charge is -2.48. The van der Waals surface area contributed by atoms with Crippen molar-refractivity contribution in [3.63, 3.8) is 0 Å². The number of rotatable bonds is 5. The van der Waals surface area contributed by atoms with Crippen molar-refractivity contribution >= 4 is 52.4 Å². The van der Waals surface area contributed by atoms with Gasteiger partial charge in [-0.2, -0.15) is 0 Å². The third-order valence-corrected chi connectivity index (χ3v) is 11.3. The summed E-state index contributed by atoms with van der Waals surface area (Å²) in [4.78, 5) is 121. The highest BCUT2D eigenvalue weighted by atomic mass is 16.3. The number of hydrogen-bond donors (Lipinski definition) is 3. The van der Waals surface area contributed by atoms with Gasteiger partial charge in [0, 0.05) is 23.5 Å². The molecule has 0 spiro atoms. The Bertz CT molecular complexity index is 2190. The molecule has 51 heavy (non-hydrogen) atoms. The molecule has 0 bridgehead atoms. The van der Waals surface area contributed by atoms with Crippen LogP contribution in [0, 0.1) is 29.6 Å². The summed E-state index contributed by atoms with van der Waals surface area (Å²) in [7, 11) is 0. The average molecular weight is 689 g/mol. The van der Waals surface area contributed by atoms with Gasteiger partial charge in [-0.3, -0.25) is 48.1 Å². The van der Waals surface area contributed by atoms with E-state index >= 15 is 0 Å². The Morgan fingerprint density at radius 3 is 1.92 bits per heavy atom. The summed E-state index contributed by atoms with van der Waals surface area (Å²) < 4.78 is 0. The molecule has 2 unspecified atom stereocenters. The van der Waals surface area contributed by atoms with E-state index in [1.54, 1.807) is 24.3 Å². The van der Waals surface area contributed by atoms with Crippen molar-refractivity contribution in [2.75, 3.05) is 0 Å². The van der Waals surface area contributed by atoms with Crippen LogP contribution in [0.25, 0.3) is 0 Å². The Morgan fingerprint density at radius 2 is 1.35 bits per heavy atom. The second-order valence-electron chi connectivity index (χ2n) is 13.9. The highest BCUT2D eigenvalue weighted by Crippen LogP contribution is 2.51. The summed E-state index contributed by atoms with van der Waals surface area (Å²) in [6.07, 6.45) is -1.11. The van der Waals surface area contributed by atoms with Crippen LogP contribution in [0.5, 0.6) is 5.75 Å². The second kappa shape index (κ2) is 11.0. The molecule has 1 aliphatic heterocycles. The quantitative estimate of drug-likeness (QED) is 0.256. The molecule has 0 radical (unpaired) electrons. The smallest absolute Gasteiger partial charge is 0.261 e. The fourth-order valence-corrected chi connectivity index (χ4v) is 8.84. The van der Waals surface area contributed by atoms with Gasteiger partial charge in [-0.1, -0.05) is 36.4 Å². The molecule has 5 aliphatic rings. The predicted octanol–water partition coefficient (Wildman–Crippen LogP) is 1.36. The van der Waals surface area contributed by atoms with E-state index in [1.807, 2.05) is 0 Å². The molecular weight excluding hydrogens is 660 g/mol. The van der Waals surface area contributed by atoms with Crippen molar-refractivity contribution < 1.29 is 53.4 Å². The third kappa shape index (κ3) is 4.33. The van der Waals surface area contributed by atoms with Crippen LogP contribution in [0.4, 0.5) is 0 Å². The second-order valence-corrected chi connectivity index (χ2v) is 13.9. The zero-order valence-corrected chi connectivity index (χ0v) is 26.7. The lowest BCUT2D eigenvalue weighted by atomic mass is 9.53. The van der Waals surface area contributed by atoms with E-state index in [0.29, 0.717) is 0 Å². The molecule has 8 rings (SSSR count). The zero-order valence-electron chi connectivity index (χ0n) is 26.7. The normalized spacial score (nSPS) is 27.0. The van der Waals surface area contributed by atoms with E-state index in [0.717, 1.165) is 4.90 Å². The number of aliphatic hydroxyl groups is 1. The monoisotopic (exact) mass is 688 g/mol. The van der Waals surface area contributed by atoms with Crippen LogP contribution in [0.3, 0.4) is 0 Å². The number of imide groups is 1. The number of ketones is 6. The molecule has 5 atom stereocenters. The first kappa shape index (κ1) is 32.3. The van der Waals surface area contributed by atoms with Gasteiger partial charge in [0.25, 0.3) is 11.8 Å². The molecule has 13 nitrogen and oxygen atoms in total. The highest BCUT2D eigenvalue weighted by molar-refractivity contribution is 6.31. The van der Waals surface area contributed by atoms with E-state index in [2.05, 4.69) is 0 Å². The molecule has 3 amide bonds. The fraction of sp³-hybridized carbons (Fsp3) is 0.289. The van der Waals surface area contributed by atoms with Crippen LogP contribution < -0.4 is 5.73 Å². The van der Waals surface area contributed by atoms with Gasteiger partial charge < -0.3 is 15.9 Å². The number of Topliss-reactive ketones (excluding diaryl/α,β-unsaturated/α-hetero) is 6. The molecule has 3 aromatic rings. The lowest BCUT2D eigenvalue weighted by Crippen LogP contribution is -2.68. The van der Waals surface area contributed by atoms with Crippen molar-refractivity contribution in [1.82, 2.24) is 4.90 Å². The Balaban J connectivity index is 1.24. The third-order valence-electron chi connectivity index (χ3n) is 11.3. The Labute approximate surface area is 288 Å². The molecular formula is C38H28N2O11. The first-order valence-corrected chi connectivity index (χ1v) is 16.4. The summed E-state index contributed by atoms with van der Waals surface area (Å²) in [5.74, 6) is -15.7. The van der Waals surface area contributed by atoms with Crippen LogP contribution in [0.2, 0.25) is 0 Å². The number of benzene rings is 3. The number of amides is 3. The van der Waals surface area contributed by atoms with Crippen molar-refractivity contribution in [1.29, 1.82) is 0 Å². The first-order chi connectivity index (χ1) is 24.2. The highest BCUT2D eigenvalue weighted by Gasteiger charge is 2.66. The maximum Gasteiger partial charge on any atom is 0.261 e. The number of primary amides is 1. The van der Waals surface area contributed by atoms with E-state index in [9.17, 15) is 53.4 Å². The number of nitrogens with zero attached hydrogens (tertiary/aromatic N) is 1. The maximum atomic E-state index is 14.4. The van der Waals surface area contributed by atoms with Crippen molar-refractivity contribution in [3.05, 3.63) is 99.1 Å². The minimum Gasteiger partial charge on any atom is -0.507 e. The first-order valence-electron chi connectivity index (χ1n) is 16.4. The number of nitrogens with two attached hydrogens (primary N) is 1. The molecule has 2 fully saturated rings. The topological polar surface area (TPSA) is 223 Å². The number of phenols is 1. The van der Waals surface area contributed by atoms with Crippen molar-refractivity contribution in [2.45, 2.75) is 37.8 Å². The molecule has 0 aromatic heterocycles. The molecule has 2 saturated carbocycles. The predicted molar refractivity (Wildman–Crippen MR) is 171 cm³/mol. The molecule has 1 heterocycles. The fourth-order valence-electron chi connectivity index (χ4n) is 8.84. The zero-order chi connectivity index (χ0) is 36.3. The van der Waals surface area contributed by atoms with Crippen molar-refractivity contribution in [3.8, 4) is 5.75 Å². The van der Waals surface area contributed by atoms with Crippen LogP contribution in [0.1, 0.15) is 81.3 Å². The number of carbonyl (C=O) groups is 9. The number of hydrogen-bond acceptors (Lipinski definition) is 11. The molecule has 4 aliphatic carbocycles. The summed E-state index contributed by atoms with van der Waals surface area (Å²) in [5.41, 5.74) is 3.22. The molecule has 0 saturated heterocycles. The van der Waals surface area contributed by atoms with Gasteiger partial charge in [0.05, 0.1) is 35.1 Å². The van der Waals surface area contributed by atoms with Gasteiger partial charge >= 0.3 is 0 Å². The van der Waals surface area contributed by atoms with Gasteiger partial charge in [0.15, 0.2) is 46.2 Å². The van der Waals surface area contributed by atoms with Crippen molar-refractivity contribution in [2.24, 2.45) is 35.3 Å². The van der Waals surface area contributed by atoms with Gasteiger partial charge in [0.1, 0.15) is 5.75 Å². The van der Waals surface area contributed by atoms with E-state index in [1.165, 1.54) is 30.3 Å². The number of fused-ring (bicyclic) bond motifs is 5. The molecule has 3 aromatic carbocycles. The minimum absolute atomic E-state index is 0.0281. The van der Waals surface area contributed by atoms with Gasteiger partial charge in [-0.05, 0) is 60.1 Å². The molecule has 13 heteroatoms. The summed E-state index contributed by atoms with van der Waals surface area (Å²) in [6.45, 7) is -0.363. The SMILES string of the molecule is NC(=O)C1C(=O)C[C@@H]2C[C@@H]3Cc4c(CN5C(=O)c6ccccc6C5=O)cc(CC5C(=O)c6ccccc6C5=O)c(O)c4C(=O)C3C(=O)[C@]2(O)C1=O. The van der Waals surface area contributed by atoms with E-state index < -0.39 is 99.8 Å². The number of aromatic hydroxyl groups is 1. The Kier molecular flexibility index (Phi) is 6.98. The van der Waals surface area contributed by atoms with Gasteiger partial charge in [0.2, 0.25) is 5.91 Å². The largest absolute Gasteiger partial charge is 0.507 e. The summed E-state index contributed by atoms with van der Waals surface area (Å²) >= 11 is 0. The van der Waals surface area contributed by atoms with Crippen LogP contribution >= 0.6 is 0 Å². The Hall–Kier alpha value is -5.95. The van der Waals surface area contributed by atoms with Gasteiger partial charge in [-0.15, -0.1) is 0 Å². The lowest BCUT2D eigenvalue weighted by molar-refractivity contribution is -0.175. The molecule has 256 valence electrons. The number of carbonyl (C=O) groups excluding carboxylic acids is 9.